The SMILES string of the molecule is CCOC(=O)CN(C(=O)OC(C)(C)C)C(C)C(=O)OCc1ccccc1. The Morgan fingerprint density at radius 3 is 2.23 bits per heavy atom. The molecule has 144 valence electrons. The highest BCUT2D eigenvalue weighted by Crippen LogP contribution is 2.13. The van der Waals surface area contributed by atoms with Crippen LogP contribution in [0.25, 0.3) is 0 Å². The standard InChI is InChI=1S/C19H27NO6/c1-6-24-16(21)12-20(18(23)26-19(3,4)5)14(2)17(22)25-13-15-10-8-7-9-11-15/h7-11,14H,6,12-13H2,1-5H3. The summed E-state index contributed by atoms with van der Waals surface area (Å²) in [4.78, 5) is 37.6. The van der Waals surface area contributed by atoms with Crippen LogP contribution in [-0.2, 0) is 30.4 Å². The summed E-state index contributed by atoms with van der Waals surface area (Å²) in [5.41, 5.74) is 0.0553. The molecule has 7 heteroatoms. The van der Waals surface area contributed by atoms with Crippen LogP contribution in [0.15, 0.2) is 30.3 Å². The summed E-state index contributed by atoms with van der Waals surface area (Å²) in [6.07, 6.45) is -0.783. The molecule has 7 nitrogen and oxygen atoms in total. The second kappa shape index (κ2) is 9.79. The zero-order valence-electron chi connectivity index (χ0n) is 16.0. The highest BCUT2D eigenvalue weighted by Gasteiger charge is 2.32. The number of carbonyl (C=O) groups is 3. The van der Waals surface area contributed by atoms with E-state index in [0.29, 0.717) is 0 Å². The Bertz CT molecular complexity index is 608. The predicted molar refractivity (Wildman–Crippen MR) is 95.3 cm³/mol. The maximum Gasteiger partial charge on any atom is 0.411 e. The zero-order chi connectivity index (χ0) is 19.7. The van der Waals surface area contributed by atoms with E-state index in [1.807, 2.05) is 30.3 Å². The van der Waals surface area contributed by atoms with Crippen molar-refractivity contribution in [1.29, 1.82) is 0 Å². The van der Waals surface area contributed by atoms with Gasteiger partial charge >= 0.3 is 18.0 Å². The van der Waals surface area contributed by atoms with Gasteiger partial charge in [-0.1, -0.05) is 30.3 Å². The van der Waals surface area contributed by atoms with Crippen molar-refractivity contribution in [3.05, 3.63) is 35.9 Å². The van der Waals surface area contributed by atoms with E-state index >= 15 is 0 Å². The largest absolute Gasteiger partial charge is 0.465 e. The van der Waals surface area contributed by atoms with Gasteiger partial charge in [-0.15, -0.1) is 0 Å². The van der Waals surface area contributed by atoms with Gasteiger partial charge in [-0.05, 0) is 40.2 Å². The van der Waals surface area contributed by atoms with Crippen LogP contribution in [0.3, 0.4) is 0 Å². The van der Waals surface area contributed by atoms with Crippen molar-refractivity contribution in [3.63, 3.8) is 0 Å². The van der Waals surface area contributed by atoms with Gasteiger partial charge in [0, 0.05) is 0 Å². The normalized spacial score (nSPS) is 12.0. The molecule has 0 fully saturated rings. The quantitative estimate of drug-likeness (QED) is 0.546. The van der Waals surface area contributed by atoms with Gasteiger partial charge in [0.05, 0.1) is 6.61 Å². The average molecular weight is 365 g/mol. The van der Waals surface area contributed by atoms with E-state index < -0.39 is 36.2 Å². The second-order valence-corrected chi connectivity index (χ2v) is 6.68. The van der Waals surface area contributed by atoms with E-state index in [2.05, 4.69) is 0 Å². The van der Waals surface area contributed by atoms with Crippen LogP contribution in [0.5, 0.6) is 0 Å². The third-order valence-electron chi connectivity index (χ3n) is 3.27. The zero-order valence-corrected chi connectivity index (χ0v) is 16.0. The molecule has 1 unspecified atom stereocenters. The molecule has 0 N–H and O–H groups in total. The minimum absolute atomic E-state index is 0.0750. The Labute approximate surface area is 154 Å². The van der Waals surface area contributed by atoms with Crippen molar-refractivity contribution < 1.29 is 28.6 Å². The van der Waals surface area contributed by atoms with Crippen molar-refractivity contribution >= 4 is 18.0 Å². The first-order valence-corrected chi connectivity index (χ1v) is 8.50. The topological polar surface area (TPSA) is 82.1 Å². The fourth-order valence-electron chi connectivity index (χ4n) is 2.00. The number of ether oxygens (including phenoxy) is 3. The molecule has 1 atom stereocenters. The maximum atomic E-state index is 12.4. The molecule has 0 heterocycles. The van der Waals surface area contributed by atoms with Gasteiger partial charge in [0.1, 0.15) is 24.8 Å². The first kappa shape index (κ1) is 21.5. The molecule has 0 radical (unpaired) electrons. The van der Waals surface area contributed by atoms with Gasteiger partial charge in [0.25, 0.3) is 0 Å². The molecule has 0 aromatic heterocycles. The van der Waals surface area contributed by atoms with Crippen LogP contribution in [0.2, 0.25) is 0 Å². The van der Waals surface area contributed by atoms with Crippen LogP contribution in [0.1, 0.15) is 40.2 Å². The number of hydrogen-bond donors (Lipinski definition) is 0. The molecule has 26 heavy (non-hydrogen) atoms. The first-order chi connectivity index (χ1) is 12.1. The molecule has 1 rings (SSSR count). The number of esters is 2. The summed E-state index contributed by atoms with van der Waals surface area (Å²) >= 11 is 0. The van der Waals surface area contributed by atoms with Crippen molar-refractivity contribution in [2.24, 2.45) is 0 Å². The number of amides is 1. The molecular weight excluding hydrogens is 338 g/mol. The molecule has 0 saturated heterocycles. The minimum Gasteiger partial charge on any atom is -0.465 e. The molecule has 0 aliphatic heterocycles. The van der Waals surface area contributed by atoms with Crippen molar-refractivity contribution in [2.75, 3.05) is 13.2 Å². The molecule has 1 aromatic carbocycles. The highest BCUT2D eigenvalue weighted by atomic mass is 16.6. The Morgan fingerprint density at radius 1 is 1.08 bits per heavy atom. The molecule has 1 aromatic rings. The number of rotatable bonds is 7. The molecule has 0 saturated carbocycles. The lowest BCUT2D eigenvalue weighted by Crippen LogP contribution is -2.48. The van der Waals surface area contributed by atoms with Crippen LogP contribution in [0.4, 0.5) is 4.79 Å². The lowest BCUT2D eigenvalue weighted by atomic mass is 10.2. The van der Waals surface area contributed by atoms with Gasteiger partial charge in [-0.25, -0.2) is 9.59 Å². The lowest BCUT2D eigenvalue weighted by molar-refractivity contribution is -0.153. The second-order valence-electron chi connectivity index (χ2n) is 6.68. The first-order valence-electron chi connectivity index (χ1n) is 8.50. The molecule has 0 aliphatic rings. The number of nitrogens with zero attached hydrogens (tertiary/aromatic N) is 1. The lowest BCUT2D eigenvalue weighted by Gasteiger charge is -2.29. The van der Waals surface area contributed by atoms with Gasteiger partial charge in [0.2, 0.25) is 0 Å². The van der Waals surface area contributed by atoms with Gasteiger partial charge in [-0.3, -0.25) is 9.69 Å². The van der Waals surface area contributed by atoms with Crippen LogP contribution >= 0.6 is 0 Å². The van der Waals surface area contributed by atoms with Crippen molar-refractivity contribution in [2.45, 2.75) is 52.9 Å². The van der Waals surface area contributed by atoms with Gasteiger partial charge < -0.3 is 14.2 Å². The van der Waals surface area contributed by atoms with Crippen molar-refractivity contribution in [3.8, 4) is 0 Å². The molecule has 0 bridgehead atoms. The van der Waals surface area contributed by atoms with Crippen LogP contribution in [-0.4, -0.2) is 47.7 Å². The van der Waals surface area contributed by atoms with Crippen LogP contribution in [0, 0.1) is 0 Å². The molecule has 1 amide bonds. The fraction of sp³-hybridized carbons (Fsp3) is 0.526. The monoisotopic (exact) mass is 365 g/mol. The smallest absolute Gasteiger partial charge is 0.411 e. The number of benzene rings is 1. The fourth-order valence-corrected chi connectivity index (χ4v) is 2.00. The average Bonchev–Trinajstić information content (AvgIpc) is 2.56. The van der Waals surface area contributed by atoms with Gasteiger partial charge in [-0.2, -0.15) is 0 Å². The summed E-state index contributed by atoms with van der Waals surface area (Å²) in [6, 6.07) is 8.17. The van der Waals surface area contributed by atoms with E-state index in [1.54, 1.807) is 27.7 Å². The number of carbonyl (C=O) groups excluding carboxylic acids is 3. The Balaban J connectivity index is 2.80. The highest BCUT2D eigenvalue weighted by molar-refractivity contribution is 5.84. The molecular formula is C19H27NO6. The predicted octanol–water partition coefficient (Wildman–Crippen LogP) is 2.92. The Hall–Kier alpha value is -2.57. The third-order valence-corrected chi connectivity index (χ3v) is 3.27. The van der Waals surface area contributed by atoms with E-state index in [9.17, 15) is 14.4 Å². The third kappa shape index (κ3) is 7.55. The number of hydrogen-bond acceptors (Lipinski definition) is 6. The van der Waals surface area contributed by atoms with E-state index in [4.69, 9.17) is 14.2 Å². The van der Waals surface area contributed by atoms with Crippen molar-refractivity contribution in [1.82, 2.24) is 4.90 Å². The molecule has 0 aliphatic carbocycles. The Morgan fingerprint density at radius 2 is 1.69 bits per heavy atom. The van der Waals surface area contributed by atoms with Gasteiger partial charge in [0.15, 0.2) is 0 Å². The summed E-state index contributed by atoms with van der Waals surface area (Å²) in [5, 5.41) is 0. The molecule has 0 spiro atoms. The minimum atomic E-state index is -1.00. The summed E-state index contributed by atoms with van der Waals surface area (Å²) in [5.74, 6) is -1.26. The summed E-state index contributed by atoms with van der Waals surface area (Å²) in [6.45, 7) is 8.09. The van der Waals surface area contributed by atoms with E-state index in [0.717, 1.165) is 10.5 Å². The van der Waals surface area contributed by atoms with E-state index in [-0.39, 0.29) is 13.2 Å². The summed E-state index contributed by atoms with van der Waals surface area (Å²) in [7, 11) is 0. The summed E-state index contributed by atoms with van der Waals surface area (Å²) < 4.78 is 15.4. The van der Waals surface area contributed by atoms with E-state index in [1.165, 1.54) is 6.92 Å². The Kier molecular flexibility index (Phi) is 8.09. The maximum absolute atomic E-state index is 12.4. The van der Waals surface area contributed by atoms with Crippen LogP contribution < -0.4 is 0 Å².